The molecule has 1 aromatic rings. The zero-order chi connectivity index (χ0) is 18.2. The fraction of sp³-hybridized carbons (Fsp3) is 0.722. The Morgan fingerprint density at radius 1 is 1.16 bits per heavy atom. The minimum atomic E-state index is -0.0180. The number of likely N-dealkylation sites (N-methyl/N-ethyl adjacent to an activating group) is 1. The van der Waals surface area contributed by atoms with Crippen LogP contribution in [0.5, 0.6) is 0 Å². The Morgan fingerprint density at radius 2 is 1.92 bits per heavy atom. The molecule has 0 aliphatic carbocycles. The summed E-state index contributed by atoms with van der Waals surface area (Å²) in [7, 11) is 0. The third kappa shape index (κ3) is 5.29. The van der Waals surface area contributed by atoms with Gasteiger partial charge < -0.3 is 9.80 Å². The number of nitrogens with one attached hydrogen (secondary N) is 1. The van der Waals surface area contributed by atoms with E-state index in [1.807, 2.05) is 29.7 Å². The molecule has 1 saturated heterocycles. The van der Waals surface area contributed by atoms with Crippen molar-refractivity contribution in [2.45, 2.75) is 40.0 Å². The molecule has 0 spiro atoms. The Balaban J connectivity index is 1.89. The van der Waals surface area contributed by atoms with Crippen LogP contribution in [0.1, 0.15) is 49.8 Å². The van der Waals surface area contributed by atoms with Gasteiger partial charge in [-0.05, 0) is 32.8 Å². The van der Waals surface area contributed by atoms with E-state index >= 15 is 0 Å². The van der Waals surface area contributed by atoms with Crippen LogP contribution in [0.25, 0.3) is 0 Å². The molecule has 1 fully saturated rings. The van der Waals surface area contributed by atoms with Gasteiger partial charge in [0, 0.05) is 45.0 Å². The highest BCUT2D eigenvalue weighted by Crippen LogP contribution is 2.10. The Morgan fingerprint density at radius 3 is 2.60 bits per heavy atom. The van der Waals surface area contributed by atoms with Crippen LogP contribution >= 0.6 is 0 Å². The zero-order valence-electron chi connectivity index (χ0n) is 15.8. The van der Waals surface area contributed by atoms with Gasteiger partial charge in [-0.1, -0.05) is 13.3 Å². The van der Waals surface area contributed by atoms with Crippen LogP contribution in [0.15, 0.2) is 6.07 Å². The molecule has 2 rings (SSSR count). The number of carbonyl (C=O) groups is 2. The summed E-state index contributed by atoms with van der Waals surface area (Å²) >= 11 is 0. The van der Waals surface area contributed by atoms with Gasteiger partial charge in [-0.2, -0.15) is 5.10 Å². The van der Waals surface area contributed by atoms with E-state index in [0.29, 0.717) is 25.3 Å². The van der Waals surface area contributed by atoms with E-state index in [1.165, 1.54) is 0 Å². The van der Waals surface area contributed by atoms with Crippen molar-refractivity contribution >= 4 is 11.8 Å². The van der Waals surface area contributed by atoms with Crippen molar-refractivity contribution in [3.05, 3.63) is 17.5 Å². The highest BCUT2D eigenvalue weighted by molar-refractivity contribution is 5.92. The quantitative estimate of drug-likeness (QED) is 0.807. The van der Waals surface area contributed by atoms with Crippen molar-refractivity contribution in [3.8, 4) is 0 Å². The van der Waals surface area contributed by atoms with Crippen molar-refractivity contribution in [3.63, 3.8) is 0 Å². The Hall–Kier alpha value is -1.89. The first-order valence-corrected chi connectivity index (χ1v) is 9.42. The average Bonchev–Trinajstić information content (AvgIpc) is 2.94. The van der Waals surface area contributed by atoms with E-state index in [1.54, 1.807) is 0 Å². The lowest BCUT2D eigenvalue weighted by Gasteiger charge is -2.25. The third-order valence-electron chi connectivity index (χ3n) is 4.72. The highest BCUT2D eigenvalue weighted by Gasteiger charge is 2.23. The van der Waals surface area contributed by atoms with Crippen molar-refractivity contribution in [1.82, 2.24) is 24.9 Å². The molecule has 0 radical (unpaired) electrons. The number of aryl methyl sites for hydroxylation is 1. The van der Waals surface area contributed by atoms with Gasteiger partial charge in [-0.3, -0.25) is 19.6 Å². The SMILES string of the molecule is CCCc1cc(C(=O)N2CCCN(CC(=O)N(CC)CC)CC2)n[nH]1. The standard InChI is InChI=1S/C18H31N5O2/c1-4-8-15-13-16(20-19-15)18(25)23-10-7-9-21(11-12-23)14-17(24)22(5-2)6-3/h13H,4-12,14H2,1-3H3,(H,19,20). The second-order valence-corrected chi connectivity index (χ2v) is 6.52. The topological polar surface area (TPSA) is 72.5 Å². The predicted octanol–water partition coefficient (Wildman–Crippen LogP) is 1.38. The molecule has 140 valence electrons. The van der Waals surface area contributed by atoms with Crippen molar-refractivity contribution in [1.29, 1.82) is 0 Å². The fourth-order valence-electron chi connectivity index (χ4n) is 3.23. The molecule has 1 aliphatic rings. The molecule has 1 aliphatic heterocycles. The van der Waals surface area contributed by atoms with Crippen LogP contribution in [0.2, 0.25) is 0 Å². The largest absolute Gasteiger partial charge is 0.342 e. The molecule has 0 saturated carbocycles. The number of aromatic nitrogens is 2. The maximum Gasteiger partial charge on any atom is 0.274 e. The second kappa shape index (κ2) is 9.56. The summed E-state index contributed by atoms with van der Waals surface area (Å²) in [5, 5.41) is 7.11. The maximum atomic E-state index is 12.6. The minimum Gasteiger partial charge on any atom is -0.342 e. The summed E-state index contributed by atoms with van der Waals surface area (Å²) in [6.45, 7) is 11.0. The maximum absolute atomic E-state index is 12.6. The first-order chi connectivity index (χ1) is 12.1. The molecule has 1 aromatic heterocycles. The number of hydrogen-bond donors (Lipinski definition) is 1. The molecule has 0 aromatic carbocycles. The summed E-state index contributed by atoms with van der Waals surface area (Å²) in [5.74, 6) is 0.150. The summed E-state index contributed by atoms with van der Waals surface area (Å²) in [6, 6.07) is 1.86. The second-order valence-electron chi connectivity index (χ2n) is 6.52. The van der Waals surface area contributed by atoms with Crippen molar-refractivity contribution in [2.75, 3.05) is 45.8 Å². The van der Waals surface area contributed by atoms with Crippen LogP contribution in [0.3, 0.4) is 0 Å². The Labute approximate surface area is 150 Å². The fourth-order valence-corrected chi connectivity index (χ4v) is 3.23. The van der Waals surface area contributed by atoms with Gasteiger partial charge >= 0.3 is 0 Å². The summed E-state index contributed by atoms with van der Waals surface area (Å²) < 4.78 is 0. The van der Waals surface area contributed by atoms with Crippen LogP contribution in [0.4, 0.5) is 0 Å². The van der Waals surface area contributed by atoms with E-state index in [2.05, 4.69) is 22.0 Å². The molecular weight excluding hydrogens is 318 g/mol. The lowest BCUT2D eigenvalue weighted by molar-refractivity contribution is -0.132. The van der Waals surface area contributed by atoms with Gasteiger partial charge in [0.15, 0.2) is 0 Å². The lowest BCUT2D eigenvalue weighted by Crippen LogP contribution is -2.42. The number of H-pyrrole nitrogens is 1. The highest BCUT2D eigenvalue weighted by atomic mass is 16.2. The van der Waals surface area contributed by atoms with Crippen molar-refractivity contribution < 1.29 is 9.59 Å². The van der Waals surface area contributed by atoms with Crippen LogP contribution in [-0.4, -0.2) is 82.5 Å². The van der Waals surface area contributed by atoms with E-state index in [9.17, 15) is 9.59 Å². The van der Waals surface area contributed by atoms with Gasteiger partial charge in [-0.25, -0.2) is 0 Å². The first kappa shape index (κ1) is 19.4. The minimum absolute atomic E-state index is 0.0180. The number of aromatic amines is 1. The molecule has 7 nitrogen and oxygen atoms in total. The van der Waals surface area contributed by atoms with Crippen molar-refractivity contribution in [2.24, 2.45) is 0 Å². The molecule has 0 atom stereocenters. The summed E-state index contributed by atoms with van der Waals surface area (Å²) in [5.41, 5.74) is 1.50. The molecular formula is C18H31N5O2. The zero-order valence-corrected chi connectivity index (χ0v) is 15.8. The average molecular weight is 349 g/mol. The van der Waals surface area contributed by atoms with Gasteiger partial charge in [0.05, 0.1) is 6.54 Å². The normalized spacial score (nSPS) is 15.9. The third-order valence-corrected chi connectivity index (χ3v) is 4.72. The number of amides is 2. The monoisotopic (exact) mass is 349 g/mol. The molecule has 7 heteroatoms. The van der Waals surface area contributed by atoms with Crippen LogP contribution in [-0.2, 0) is 11.2 Å². The molecule has 1 N–H and O–H groups in total. The van der Waals surface area contributed by atoms with Gasteiger partial charge in [0.1, 0.15) is 5.69 Å². The lowest BCUT2D eigenvalue weighted by atomic mass is 10.2. The molecule has 2 amide bonds. The van der Waals surface area contributed by atoms with E-state index in [4.69, 9.17) is 0 Å². The summed E-state index contributed by atoms with van der Waals surface area (Å²) in [6.07, 6.45) is 2.81. The Kier molecular flexibility index (Phi) is 7.43. The summed E-state index contributed by atoms with van der Waals surface area (Å²) in [4.78, 5) is 30.8. The molecule has 25 heavy (non-hydrogen) atoms. The number of nitrogens with zero attached hydrogens (tertiary/aromatic N) is 4. The van der Waals surface area contributed by atoms with Crippen LogP contribution < -0.4 is 0 Å². The number of carbonyl (C=O) groups excluding carboxylic acids is 2. The van der Waals surface area contributed by atoms with E-state index < -0.39 is 0 Å². The van der Waals surface area contributed by atoms with Crippen LogP contribution in [0, 0.1) is 0 Å². The van der Waals surface area contributed by atoms with Gasteiger partial charge in [0.25, 0.3) is 5.91 Å². The van der Waals surface area contributed by atoms with Gasteiger partial charge in [-0.15, -0.1) is 0 Å². The molecule has 0 unspecified atom stereocenters. The smallest absolute Gasteiger partial charge is 0.274 e. The number of hydrogen-bond acceptors (Lipinski definition) is 4. The first-order valence-electron chi connectivity index (χ1n) is 9.42. The molecule has 0 bridgehead atoms. The van der Waals surface area contributed by atoms with E-state index in [-0.39, 0.29) is 11.8 Å². The Bertz CT molecular complexity index is 568. The molecule has 2 heterocycles. The van der Waals surface area contributed by atoms with Gasteiger partial charge in [0.2, 0.25) is 5.91 Å². The number of rotatable bonds is 7. The predicted molar refractivity (Wildman–Crippen MR) is 97.5 cm³/mol. The van der Waals surface area contributed by atoms with E-state index in [0.717, 1.165) is 51.1 Å².